The number of rotatable bonds is 3. The molecule has 1 aromatic heterocycles. The highest BCUT2D eigenvalue weighted by Gasteiger charge is 2.31. The Morgan fingerprint density at radius 3 is 2.39 bits per heavy atom. The largest absolute Gasteiger partial charge is 0.416 e. The second kappa shape index (κ2) is 5.74. The molecule has 3 rings (SSSR count). The predicted octanol–water partition coefficient (Wildman–Crippen LogP) is 5.28. The molecule has 0 spiro atoms. The third-order valence-corrected chi connectivity index (χ3v) is 3.83. The molecule has 0 radical (unpaired) electrons. The van der Waals surface area contributed by atoms with Gasteiger partial charge in [0.05, 0.1) is 22.7 Å². The fourth-order valence-electron chi connectivity index (χ4n) is 2.55. The van der Waals surface area contributed by atoms with Crippen LogP contribution in [0.2, 0.25) is 0 Å². The van der Waals surface area contributed by atoms with Crippen LogP contribution in [0.25, 0.3) is 22.2 Å². The van der Waals surface area contributed by atoms with E-state index in [9.17, 15) is 18.0 Å². The molecule has 118 valence electrons. The van der Waals surface area contributed by atoms with E-state index in [1.807, 2.05) is 6.07 Å². The Bertz CT molecular complexity index is 869. The van der Waals surface area contributed by atoms with Gasteiger partial charge in [-0.05, 0) is 23.8 Å². The highest BCUT2D eigenvalue weighted by atomic mass is 35.5. The third-order valence-electron chi connectivity index (χ3n) is 3.59. The van der Waals surface area contributed by atoms with Crippen molar-refractivity contribution in [1.82, 2.24) is 4.98 Å². The number of aromatic nitrogens is 1. The first-order chi connectivity index (χ1) is 10.9. The second-order valence-corrected chi connectivity index (χ2v) is 5.32. The summed E-state index contributed by atoms with van der Waals surface area (Å²) in [5, 5.41) is 0.226. The van der Waals surface area contributed by atoms with Crippen LogP contribution in [0.15, 0.2) is 48.5 Å². The summed E-state index contributed by atoms with van der Waals surface area (Å²) in [4.78, 5) is 15.2. The summed E-state index contributed by atoms with van der Waals surface area (Å²) in [5.74, 6) is -0.723. The van der Waals surface area contributed by atoms with Crippen molar-refractivity contribution in [2.45, 2.75) is 6.18 Å². The van der Waals surface area contributed by atoms with Crippen LogP contribution in [-0.4, -0.2) is 16.6 Å². The summed E-state index contributed by atoms with van der Waals surface area (Å²) in [7, 11) is 0. The molecule has 2 aromatic carbocycles. The molecule has 0 fully saturated rings. The first-order valence-electron chi connectivity index (χ1n) is 6.79. The zero-order valence-corrected chi connectivity index (χ0v) is 12.5. The fourth-order valence-corrected chi connectivity index (χ4v) is 2.68. The monoisotopic (exact) mass is 337 g/mol. The number of carbonyl (C=O) groups is 1. The summed E-state index contributed by atoms with van der Waals surface area (Å²) >= 11 is 5.65. The minimum absolute atomic E-state index is 0.187. The number of H-pyrrole nitrogens is 1. The van der Waals surface area contributed by atoms with Gasteiger partial charge in [0.1, 0.15) is 0 Å². The quantitative estimate of drug-likeness (QED) is 0.512. The average Bonchev–Trinajstić information content (AvgIpc) is 2.92. The van der Waals surface area contributed by atoms with Crippen LogP contribution < -0.4 is 0 Å². The van der Waals surface area contributed by atoms with Gasteiger partial charge in [0, 0.05) is 10.9 Å². The lowest BCUT2D eigenvalue weighted by Crippen LogP contribution is -2.05. The summed E-state index contributed by atoms with van der Waals surface area (Å²) in [6.07, 6.45) is -4.47. The van der Waals surface area contributed by atoms with Crippen molar-refractivity contribution in [2.24, 2.45) is 0 Å². The lowest BCUT2D eigenvalue weighted by Gasteiger charge is -2.07. The predicted molar refractivity (Wildman–Crippen MR) is 83.8 cm³/mol. The molecule has 3 aromatic rings. The molecule has 0 aliphatic heterocycles. The number of hydrogen-bond donors (Lipinski definition) is 1. The number of Topliss-reactive ketones (excluding diaryl/α,β-unsaturated/α-hetero) is 1. The van der Waals surface area contributed by atoms with Gasteiger partial charge >= 0.3 is 6.18 Å². The minimum atomic E-state index is -4.47. The van der Waals surface area contributed by atoms with Crippen LogP contribution in [0, 0.1) is 0 Å². The number of alkyl halides is 4. The molecule has 1 heterocycles. The molecule has 0 atom stereocenters. The first-order valence-corrected chi connectivity index (χ1v) is 7.33. The van der Waals surface area contributed by atoms with Gasteiger partial charge < -0.3 is 4.98 Å². The molecule has 6 heteroatoms. The lowest BCUT2D eigenvalue weighted by atomic mass is 10.0. The van der Waals surface area contributed by atoms with Crippen LogP contribution in [-0.2, 0) is 6.18 Å². The Hall–Kier alpha value is -2.27. The Morgan fingerprint density at radius 1 is 1.09 bits per heavy atom. The van der Waals surface area contributed by atoms with Gasteiger partial charge in [-0.15, -0.1) is 11.6 Å². The number of hydrogen-bond acceptors (Lipinski definition) is 1. The Morgan fingerprint density at radius 2 is 1.78 bits per heavy atom. The van der Waals surface area contributed by atoms with Crippen molar-refractivity contribution >= 4 is 28.3 Å². The highest BCUT2D eigenvalue weighted by Crippen LogP contribution is 2.36. The molecule has 2 nitrogen and oxygen atoms in total. The Kier molecular flexibility index (Phi) is 3.90. The maximum absolute atomic E-state index is 12.9. The summed E-state index contributed by atoms with van der Waals surface area (Å²) < 4.78 is 38.8. The lowest BCUT2D eigenvalue weighted by molar-refractivity contribution is -0.137. The van der Waals surface area contributed by atoms with Crippen LogP contribution in [0.5, 0.6) is 0 Å². The molecule has 0 unspecified atom stereocenters. The van der Waals surface area contributed by atoms with Crippen LogP contribution >= 0.6 is 11.6 Å². The van der Waals surface area contributed by atoms with Gasteiger partial charge in [-0.3, -0.25) is 4.79 Å². The van der Waals surface area contributed by atoms with Gasteiger partial charge in [0.25, 0.3) is 0 Å². The van der Waals surface area contributed by atoms with E-state index in [4.69, 9.17) is 11.6 Å². The van der Waals surface area contributed by atoms with Crippen molar-refractivity contribution in [1.29, 1.82) is 0 Å². The van der Waals surface area contributed by atoms with Crippen LogP contribution in [0.1, 0.15) is 15.9 Å². The zero-order chi connectivity index (χ0) is 16.6. The van der Waals surface area contributed by atoms with Crippen LogP contribution in [0.4, 0.5) is 13.2 Å². The molecular formula is C17H11ClF3NO. The Labute approximate surface area is 134 Å². The molecule has 23 heavy (non-hydrogen) atoms. The van der Waals surface area contributed by atoms with Gasteiger partial charge in [0.15, 0.2) is 5.78 Å². The van der Waals surface area contributed by atoms with E-state index in [0.717, 1.165) is 12.1 Å². The van der Waals surface area contributed by atoms with Gasteiger partial charge in [-0.25, -0.2) is 0 Å². The number of carbonyl (C=O) groups excluding carboxylic acids is 1. The number of ketones is 1. The molecule has 0 aliphatic rings. The first kappa shape index (κ1) is 15.6. The highest BCUT2D eigenvalue weighted by molar-refractivity contribution is 6.33. The van der Waals surface area contributed by atoms with Crippen molar-refractivity contribution in [3.63, 3.8) is 0 Å². The summed E-state index contributed by atoms with van der Waals surface area (Å²) in [6, 6.07) is 12.3. The maximum atomic E-state index is 12.9. The van der Waals surface area contributed by atoms with E-state index in [-0.39, 0.29) is 16.8 Å². The molecular weight excluding hydrogens is 327 g/mol. The molecule has 0 aliphatic carbocycles. The van der Waals surface area contributed by atoms with Crippen molar-refractivity contribution in [3.05, 3.63) is 59.7 Å². The van der Waals surface area contributed by atoms with Gasteiger partial charge in [0.2, 0.25) is 0 Å². The Balaban J connectivity index is 2.31. The molecule has 1 N–H and O–H groups in total. The average molecular weight is 338 g/mol. The van der Waals surface area contributed by atoms with E-state index in [0.29, 0.717) is 16.8 Å². The second-order valence-electron chi connectivity index (χ2n) is 5.06. The van der Waals surface area contributed by atoms with Gasteiger partial charge in [-0.1, -0.05) is 30.3 Å². The fraction of sp³-hybridized carbons (Fsp3) is 0.118. The smallest absolute Gasteiger partial charge is 0.354 e. The van der Waals surface area contributed by atoms with E-state index in [2.05, 4.69) is 4.98 Å². The van der Waals surface area contributed by atoms with Crippen LogP contribution in [0.3, 0.4) is 0 Å². The SMILES string of the molecule is O=C(CCl)c1c(-c2ccccc2)[nH]c2ccc(C(F)(F)F)cc12. The molecule has 0 amide bonds. The third kappa shape index (κ3) is 2.84. The van der Waals surface area contributed by atoms with Crippen molar-refractivity contribution in [3.8, 4) is 11.3 Å². The van der Waals surface area contributed by atoms with E-state index in [1.165, 1.54) is 6.07 Å². The number of fused-ring (bicyclic) bond motifs is 1. The normalized spacial score (nSPS) is 11.8. The number of benzene rings is 2. The van der Waals surface area contributed by atoms with Crippen molar-refractivity contribution < 1.29 is 18.0 Å². The van der Waals surface area contributed by atoms with E-state index in [1.54, 1.807) is 24.3 Å². The summed E-state index contributed by atoms with van der Waals surface area (Å²) in [5.41, 5.74) is 1.04. The minimum Gasteiger partial charge on any atom is -0.354 e. The standard InChI is InChI=1S/C17H11ClF3NO/c18-9-14(23)15-12-8-11(17(19,20)21)6-7-13(12)22-16(15)10-4-2-1-3-5-10/h1-8,22H,9H2. The van der Waals surface area contributed by atoms with E-state index >= 15 is 0 Å². The molecule has 0 saturated heterocycles. The topological polar surface area (TPSA) is 32.9 Å². The number of aromatic amines is 1. The molecule has 0 saturated carbocycles. The molecule has 0 bridgehead atoms. The van der Waals surface area contributed by atoms with E-state index < -0.39 is 17.5 Å². The summed E-state index contributed by atoms with van der Waals surface area (Å²) in [6.45, 7) is 0. The maximum Gasteiger partial charge on any atom is 0.416 e. The number of nitrogens with one attached hydrogen (secondary N) is 1. The van der Waals surface area contributed by atoms with Crippen molar-refractivity contribution in [2.75, 3.05) is 5.88 Å². The van der Waals surface area contributed by atoms with Gasteiger partial charge in [-0.2, -0.15) is 13.2 Å². The zero-order valence-electron chi connectivity index (χ0n) is 11.7. The number of halogens is 4.